The molecule has 3 aliphatic rings. The number of urea groups is 1. The minimum Gasteiger partial charge on any atom is -0.453 e. The maximum Gasteiger partial charge on any atom is 0.409 e. The maximum absolute atomic E-state index is 12.4. The van der Waals surface area contributed by atoms with Gasteiger partial charge in [-0.15, -0.1) is 0 Å². The Hall–Kier alpha value is -2.28. The SMILES string of the molecule is CCC(CC1CCC(C)N1C(=O)OC)N1CCC2(CC[C@@H](NC(=O)N(C)C)c3ccccc32)CC1. The maximum atomic E-state index is 12.4. The lowest BCUT2D eigenvalue weighted by Crippen LogP contribution is -2.51. The van der Waals surface area contributed by atoms with Crippen molar-refractivity contribution in [3.8, 4) is 0 Å². The Balaban J connectivity index is 1.44. The van der Waals surface area contributed by atoms with Crippen molar-refractivity contribution in [2.45, 2.75) is 94.8 Å². The van der Waals surface area contributed by atoms with Crippen molar-refractivity contribution < 1.29 is 14.3 Å². The number of fused-ring (bicyclic) bond motifs is 2. The fraction of sp³-hybridized carbons (Fsp3) is 0.714. The van der Waals surface area contributed by atoms with Gasteiger partial charge < -0.3 is 24.8 Å². The van der Waals surface area contributed by atoms with Crippen LogP contribution in [0, 0.1) is 0 Å². The lowest BCUT2D eigenvalue weighted by Gasteiger charge is -2.49. The summed E-state index contributed by atoms with van der Waals surface area (Å²) in [5.41, 5.74) is 2.93. The zero-order valence-electron chi connectivity index (χ0n) is 22.3. The van der Waals surface area contributed by atoms with Crippen LogP contribution < -0.4 is 5.32 Å². The molecule has 1 spiro atoms. The number of ether oxygens (including phenoxy) is 1. The number of hydrogen-bond acceptors (Lipinski definition) is 4. The molecule has 0 bridgehead atoms. The fourth-order valence-corrected chi connectivity index (χ4v) is 6.88. The summed E-state index contributed by atoms with van der Waals surface area (Å²) >= 11 is 0. The third-order valence-electron chi connectivity index (χ3n) is 8.98. The zero-order chi connectivity index (χ0) is 25.2. The third-order valence-corrected chi connectivity index (χ3v) is 8.98. The Bertz CT molecular complexity index is 896. The van der Waals surface area contributed by atoms with Crippen LogP contribution in [0.1, 0.15) is 82.4 Å². The predicted molar refractivity (Wildman–Crippen MR) is 139 cm³/mol. The van der Waals surface area contributed by atoms with Gasteiger partial charge in [-0.25, -0.2) is 9.59 Å². The molecule has 194 valence electrons. The van der Waals surface area contributed by atoms with Crippen LogP contribution in [-0.2, 0) is 10.2 Å². The van der Waals surface area contributed by atoms with Gasteiger partial charge in [-0.2, -0.15) is 0 Å². The molecule has 35 heavy (non-hydrogen) atoms. The lowest BCUT2D eigenvalue weighted by molar-refractivity contribution is 0.0688. The molecule has 2 aliphatic heterocycles. The highest BCUT2D eigenvalue weighted by Gasteiger charge is 2.44. The molecule has 7 heteroatoms. The second-order valence-corrected chi connectivity index (χ2v) is 11.1. The zero-order valence-corrected chi connectivity index (χ0v) is 22.3. The smallest absolute Gasteiger partial charge is 0.409 e. The molecule has 0 saturated carbocycles. The molecular formula is C28H44N4O3. The van der Waals surface area contributed by atoms with E-state index in [1.54, 1.807) is 19.0 Å². The molecule has 2 saturated heterocycles. The van der Waals surface area contributed by atoms with E-state index in [-0.39, 0.29) is 35.7 Å². The fourth-order valence-electron chi connectivity index (χ4n) is 6.88. The first-order valence-corrected chi connectivity index (χ1v) is 13.5. The van der Waals surface area contributed by atoms with Crippen LogP contribution in [-0.4, -0.2) is 79.2 Å². The Kier molecular flexibility index (Phi) is 7.94. The first-order valence-electron chi connectivity index (χ1n) is 13.5. The minimum atomic E-state index is -0.179. The molecule has 4 atom stereocenters. The van der Waals surface area contributed by atoms with Crippen molar-refractivity contribution in [3.63, 3.8) is 0 Å². The number of nitrogens with zero attached hydrogens (tertiary/aromatic N) is 3. The van der Waals surface area contributed by atoms with Crippen molar-refractivity contribution in [1.29, 1.82) is 0 Å². The predicted octanol–water partition coefficient (Wildman–Crippen LogP) is 4.91. The largest absolute Gasteiger partial charge is 0.453 e. The Morgan fingerprint density at radius 1 is 1.14 bits per heavy atom. The van der Waals surface area contributed by atoms with Crippen LogP contribution in [0.2, 0.25) is 0 Å². The van der Waals surface area contributed by atoms with Crippen LogP contribution in [0.3, 0.4) is 0 Å². The first kappa shape index (κ1) is 25.8. The van der Waals surface area contributed by atoms with Crippen molar-refractivity contribution in [2.75, 3.05) is 34.3 Å². The van der Waals surface area contributed by atoms with Gasteiger partial charge in [0.15, 0.2) is 0 Å². The summed E-state index contributed by atoms with van der Waals surface area (Å²) in [5.74, 6) is 0. The molecule has 1 aromatic rings. The van der Waals surface area contributed by atoms with E-state index in [1.807, 2.05) is 4.90 Å². The van der Waals surface area contributed by atoms with E-state index >= 15 is 0 Å². The Labute approximate surface area is 211 Å². The average Bonchev–Trinajstić information content (AvgIpc) is 3.24. The molecule has 2 heterocycles. The topological polar surface area (TPSA) is 65.1 Å². The van der Waals surface area contributed by atoms with Crippen molar-refractivity contribution in [2.24, 2.45) is 0 Å². The molecule has 3 unspecified atom stereocenters. The lowest BCUT2D eigenvalue weighted by atomic mass is 9.63. The number of likely N-dealkylation sites (tertiary alicyclic amines) is 2. The summed E-state index contributed by atoms with van der Waals surface area (Å²) < 4.78 is 5.09. The Morgan fingerprint density at radius 3 is 2.51 bits per heavy atom. The van der Waals surface area contributed by atoms with Crippen LogP contribution >= 0.6 is 0 Å². The van der Waals surface area contributed by atoms with Crippen LogP contribution in [0.5, 0.6) is 0 Å². The number of amides is 3. The molecule has 2 fully saturated rings. The molecule has 4 rings (SSSR count). The van der Waals surface area contributed by atoms with Gasteiger partial charge in [-0.1, -0.05) is 31.2 Å². The summed E-state index contributed by atoms with van der Waals surface area (Å²) in [5, 5.41) is 3.23. The third kappa shape index (κ3) is 5.16. The number of methoxy groups -OCH3 is 1. The molecule has 7 nitrogen and oxygen atoms in total. The number of nitrogens with one attached hydrogen (secondary N) is 1. The number of carbonyl (C=O) groups excluding carboxylic acids is 2. The minimum absolute atomic E-state index is 0.0245. The van der Waals surface area contributed by atoms with Crippen molar-refractivity contribution >= 4 is 12.1 Å². The second kappa shape index (κ2) is 10.8. The number of piperidine rings is 1. The standard InChI is InChI=1S/C28H44N4O3/c1-6-21(19-22-12-11-20(2)32(22)27(34)35-5)31-17-15-28(16-18-31)14-13-25(29-26(33)30(3)4)23-9-7-8-10-24(23)28/h7-10,20-22,25H,6,11-19H2,1-5H3,(H,29,33)/t20?,21?,22?,25-/m1/s1. The molecule has 1 aromatic carbocycles. The van der Waals surface area contributed by atoms with Gasteiger partial charge in [-0.3, -0.25) is 0 Å². The number of carbonyl (C=O) groups is 2. The molecule has 1 aliphatic carbocycles. The van der Waals surface area contributed by atoms with Gasteiger partial charge in [0.2, 0.25) is 0 Å². The van der Waals surface area contributed by atoms with Gasteiger partial charge in [0.1, 0.15) is 0 Å². The number of benzene rings is 1. The second-order valence-electron chi connectivity index (χ2n) is 11.1. The normalized spacial score (nSPS) is 26.8. The summed E-state index contributed by atoms with van der Waals surface area (Å²) in [4.78, 5) is 31.0. The van der Waals surface area contributed by atoms with E-state index in [9.17, 15) is 9.59 Å². The highest BCUT2D eigenvalue weighted by molar-refractivity contribution is 5.74. The van der Waals surface area contributed by atoms with Gasteiger partial charge in [0.05, 0.1) is 13.2 Å². The van der Waals surface area contributed by atoms with Crippen molar-refractivity contribution in [3.05, 3.63) is 35.4 Å². The number of hydrogen-bond donors (Lipinski definition) is 1. The van der Waals surface area contributed by atoms with E-state index in [1.165, 1.54) is 18.2 Å². The van der Waals surface area contributed by atoms with E-state index in [2.05, 4.69) is 48.3 Å². The van der Waals surface area contributed by atoms with Gasteiger partial charge in [0, 0.05) is 32.2 Å². The van der Waals surface area contributed by atoms with Gasteiger partial charge >= 0.3 is 12.1 Å². The highest BCUT2D eigenvalue weighted by Crippen LogP contribution is 2.48. The molecule has 0 radical (unpaired) electrons. The highest BCUT2D eigenvalue weighted by atomic mass is 16.5. The summed E-state index contributed by atoms with van der Waals surface area (Å²) in [6.45, 7) is 6.59. The summed E-state index contributed by atoms with van der Waals surface area (Å²) in [6.07, 6.45) is 8.47. The van der Waals surface area contributed by atoms with E-state index in [4.69, 9.17) is 4.74 Å². The first-order chi connectivity index (χ1) is 16.8. The van der Waals surface area contributed by atoms with Gasteiger partial charge in [0.25, 0.3) is 0 Å². The summed E-state index contributed by atoms with van der Waals surface area (Å²) in [7, 11) is 5.08. The van der Waals surface area contributed by atoms with E-state index < -0.39 is 0 Å². The van der Waals surface area contributed by atoms with Crippen LogP contribution in [0.25, 0.3) is 0 Å². The molecule has 3 amide bonds. The monoisotopic (exact) mass is 484 g/mol. The molecular weight excluding hydrogens is 440 g/mol. The van der Waals surface area contributed by atoms with Crippen molar-refractivity contribution in [1.82, 2.24) is 20.0 Å². The average molecular weight is 485 g/mol. The van der Waals surface area contributed by atoms with Gasteiger partial charge in [-0.05, 0) is 87.9 Å². The van der Waals surface area contributed by atoms with E-state index in [0.29, 0.717) is 6.04 Å². The van der Waals surface area contributed by atoms with E-state index in [0.717, 1.165) is 64.5 Å². The molecule has 0 aromatic heterocycles. The number of rotatable bonds is 5. The summed E-state index contributed by atoms with van der Waals surface area (Å²) in [6, 6.07) is 9.84. The van der Waals surface area contributed by atoms with Crippen LogP contribution in [0.4, 0.5) is 9.59 Å². The van der Waals surface area contributed by atoms with Crippen LogP contribution in [0.15, 0.2) is 24.3 Å². The Morgan fingerprint density at radius 2 is 1.86 bits per heavy atom. The quantitative estimate of drug-likeness (QED) is 0.645. The molecule has 1 N–H and O–H groups in total.